The Hall–Kier alpha value is -0.0800. The Morgan fingerprint density at radius 1 is 1.18 bits per heavy atom. The lowest BCUT2D eigenvalue weighted by Gasteiger charge is -2.25. The predicted octanol–water partition coefficient (Wildman–Crippen LogP) is 1.68. The summed E-state index contributed by atoms with van der Waals surface area (Å²) in [5.74, 6) is 0. The van der Waals surface area contributed by atoms with Gasteiger partial charge in [0.05, 0.1) is 6.10 Å². The van der Waals surface area contributed by atoms with E-state index in [1.54, 1.807) is 0 Å². The van der Waals surface area contributed by atoms with E-state index in [0.717, 1.165) is 19.6 Å². The van der Waals surface area contributed by atoms with Crippen LogP contribution >= 0.6 is 0 Å². The highest BCUT2D eigenvalue weighted by Gasteiger charge is 2.16. The smallest absolute Gasteiger partial charge is 0.0575 e. The molecule has 0 aliphatic heterocycles. The molecule has 1 fully saturated rings. The number of rotatable bonds is 6. The van der Waals surface area contributed by atoms with Gasteiger partial charge in [0.2, 0.25) is 0 Å². The Morgan fingerprint density at radius 3 is 2.55 bits per heavy atom. The molecule has 0 heterocycles. The van der Waals surface area contributed by atoms with Crippen molar-refractivity contribution < 1.29 is 4.74 Å². The second kappa shape index (κ2) is 5.56. The third kappa shape index (κ3) is 3.73. The van der Waals surface area contributed by atoms with Crippen molar-refractivity contribution in [1.29, 1.82) is 0 Å². The summed E-state index contributed by atoms with van der Waals surface area (Å²) in [6, 6.07) is 0. The minimum Gasteiger partial charge on any atom is -0.378 e. The van der Waals surface area contributed by atoms with Gasteiger partial charge in [-0.25, -0.2) is 0 Å². The van der Waals surface area contributed by atoms with Crippen molar-refractivity contribution in [3.05, 3.63) is 0 Å². The normalized spacial score (nSPS) is 18.3. The molecule has 0 radical (unpaired) electrons. The molecule has 2 heteroatoms. The fourth-order valence-electron chi connectivity index (χ4n) is 1.21. The van der Waals surface area contributed by atoms with Crippen molar-refractivity contribution in [2.24, 2.45) is 5.73 Å². The van der Waals surface area contributed by atoms with Gasteiger partial charge in [-0.05, 0) is 45.1 Å². The fourth-order valence-corrected chi connectivity index (χ4v) is 1.21. The third-order valence-corrected chi connectivity index (χ3v) is 2.25. The van der Waals surface area contributed by atoms with Crippen LogP contribution in [-0.2, 0) is 4.74 Å². The van der Waals surface area contributed by atoms with Gasteiger partial charge < -0.3 is 10.5 Å². The molecule has 1 aliphatic rings. The van der Waals surface area contributed by atoms with Crippen molar-refractivity contribution in [1.82, 2.24) is 0 Å². The van der Waals surface area contributed by atoms with E-state index in [4.69, 9.17) is 10.5 Å². The van der Waals surface area contributed by atoms with Gasteiger partial charge >= 0.3 is 0 Å². The van der Waals surface area contributed by atoms with Crippen molar-refractivity contribution in [3.8, 4) is 0 Å². The zero-order chi connectivity index (χ0) is 7.94. The average Bonchev–Trinajstić information content (AvgIpc) is 1.93. The molecular formula is C9H19NO. The molecule has 2 nitrogen and oxygen atoms in total. The maximum Gasteiger partial charge on any atom is 0.0575 e. The summed E-state index contributed by atoms with van der Waals surface area (Å²) in [6.45, 7) is 1.77. The van der Waals surface area contributed by atoms with E-state index in [-0.39, 0.29) is 0 Å². The zero-order valence-corrected chi connectivity index (χ0v) is 7.22. The molecule has 0 unspecified atom stereocenters. The molecular weight excluding hydrogens is 138 g/mol. The van der Waals surface area contributed by atoms with Gasteiger partial charge in [0.15, 0.2) is 0 Å². The highest BCUT2D eigenvalue weighted by molar-refractivity contribution is 4.68. The molecule has 2 N–H and O–H groups in total. The highest BCUT2D eigenvalue weighted by atomic mass is 16.5. The largest absolute Gasteiger partial charge is 0.378 e. The first kappa shape index (κ1) is 9.01. The molecule has 0 aromatic carbocycles. The topological polar surface area (TPSA) is 35.2 Å². The van der Waals surface area contributed by atoms with Crippen LogP contribution in [0.15, 0.2) is 0 Å². The number of hydrogen-bond donors (Lipinski definition) is 1. The summed E-state index contributed by atoms with van der Waals surface area (Å²) in [5, 5.41) is 0. The Kier molecular flexibility index (Phi) is 4.55. The second-order valence-corrected chi connectivity index (χ2v) is 3.27. The number of hydrogen-bond acceptors (Lipinski definition) is 2. The maximum absolute atomic E-state index is 5.58. The number of unbranched alkanes of at least 4 members (excludes halogenated alkanes) is 2. The van der Waals surface area contributed by atoms with Crippen LogP contribution in [0.5, 0.6) is 0 Å². The molecule has 0 aromatic rings. The van der Waals surface area contributed by atoms with Gasteiger partial charge in [0, 0.05) is 6.61 Å². The quantitative estimate of drug-likeness (QED) is 0.595. The molecule has 0 saturated heterocycles. The summed E-state index contributed by atoms with van der Waals surface area (Å²) < 4.78 is 5.58. The lowest BCUT2D eigenvalue weighted by Crippen LogP contribution is -2.21. The van der Waals surface area contributed by atoms with Crippen LogP contribution in [0.4, 0.5) is 0 Å². The minimum atomic E-state index is 0.605. The van der Waals surface area contributed by atoms with E-state index in [1.165, 1.54) is 32.1 Å². The van der Waals surface area contributed by atoms with Crippen molar-refractivity contribution in [3.63, 3.8) is 0 Å². The van der Waals surface area contributed by atoms with Crippen LogP contribution in [0.2, 0.25) is 0 Å². The summed E-state index contributed by atoms with van der Waals surface area (Å²) in [4.78, 5) is 0. The van der Waals surface area contributed by atoms with Gasteiger partial charge in [-0.3, -0.25) is 0 Å². The average molecular weight is 157 g/mol. The molecule has 1 aliphatic carbocycles. The van der Waals surface area contributed by atoms with Crippen LogP contribution in [0, 0.1) is 0 Å². The first-order valence-corrected chi connectivity index (χ1v) is 4.75. The molecule has 1 rings (SSSR count). The van der Waals surface area contributed by atoms with E-state index in [1.807, 2.05) is 0 Å². The third-order valence-electron chi connectivity index (χ3n) is 2.25. The highest BCUT2D eigenvalue weighted by Crippen LogP contribution is 2.21. The Balaban J connectivity index is 1.73. The lowest BCUT2D eigenvalue weighted by atomic mass is 9.96. The van der Waals surface area contributed by atoms with Crippen LogP contribution in [0.25, 0.3) is 0 Å². The predicted molar refractivity (Wildman–Crippen MR) is 46.5 cm³/mol. The van der Waals surface area contributed by atoms with Crippen molar-refractivity contribution >= 4 is 0 Å². The Morgan fingerprint density at radius 2 is 2.00 bits per heavy atom. The van der Waals surface area contributed by atoms with Gasteiger partial charge in [0.1, 0.15) is 0 Å². The standard InChI is InChI=1S/C9H19NO/c10-7-2-1-3-8-11-9-5-4-6-9/h9H,1-8,10H2. The van der Waals surface area contributed by atoms with Gasteiger partial charge in [-0.1, -0.05) is 0 Å². The molecule has 11 heavy (non-hydrogen) atoms. The van der Waals surface area contributed by atoms with Crippen LogP contribution in [-0.4, -0.2) is 19.3 Å². The Bertz CT molecular complexity index is 91.6. The molecule has 0 amide bonds. The molecule has 0 bridgehead atoms. The van der Waals surface area contributed by atoms with E-state index in [0.29, 0.717) is 6.10 Å². The van der Waals surface area contributed by atoms with Crippen LogP contribution in [0.1, 0.15) is 38.5 Å². The molecule has 1 saturated carbocycles. The van der Waals surface area contributed by atoms with Crippen molar-refractivity contribution in [2.45, 2.75) is 44.6 Å². The van der Waals surface area contributed by atoms with Crippen LogP contribution < -0.4 is 5.73 Å². The lowest BCUT2D eigenvalue weighted by molar-refractivity contribution is 0.000711. The fraction of sp³-hybridized carbons (Fsp3) is 1.00. The monoisotopic (exact) mass is 157 g/mol. The number of ether oxygens (including phenoxy) is 1. The molecule has 0 aromatic heterocycles. The van der Waals surface area contributed by atoms with Gasteiger partial charge in [-0.2, -0.15) is 0 Å². The zero-order valence-electron chi connectivity index (χ0n) is 7.22. The van der Waals surface area contributed by atoms with Crippen LogP contribution in [0.3, 0.4) is 0 Å². The summed E-state index contributed by atoms with van der Waals surface area (Å²) in [7, 11) is 0. The van der Waals surface area contributed by atoms with E-state index in [2.05, 4.69) is 0 Å². The van der Waals surface area contributed by atoms with Gasteiger partial charge in [-0.15, -0.1) is 0 Å². The summed E-state index contributed by atoms with van der Waals surface area (Å²) in [5.41, 5.74) is 5.37. The number of nitrogens with two attached hydrogens (primary N) is 1. The van der Waals surface area contributed by atoms with Gasteiger partial charge in [0.25, 0.3) is 0 Å². The summed E-state index contributed by atoms with van der Waals surface area (Å²) >= 11 is 0. The SMILES string of the molecule is NCCCCCOC1CCC1. The van der Waals surface area contributed by atoms with E-state index in [9.17, 15) is 0 Å². The summed E-state index contributed by atoms with van der Waals surface area (Å²) in [6.07, 6.45) is 8.11. The van der Waals surface area contributed by atoms with E-state index >= 15 is 0 Å². The first-order chi connectivity index (χ1) is 5.43. The molecule has 0 spiro atoms. The second-order valence-electron chi connectivity index (χ2n) is 3.27. The van der Waals surface area contributed by atoms with E-state index < -0.39 is 0 Å². The Labute approximate surface area is 69.1 Å². The van der Waals surface area contributed by atoms with Crippen molar-refractivity contribution in [2.75, 3.05) is 13.2 Å². The minimum absolute atomic E-state index is 0.605. The maximum atomic E-state index is 5.58. The first-order valence-electron chi connectivity index (χ1n) is 4.75. The molecule has 66 valence electrons. The molecule has 0 atom stereocenters.